The lowest BCUT2D eigenvalue weighted by Gasteiger charge is -2.14. The monoisotopic (exact) mass is 378 g/mol. The molecule has 0 bridgehead atoms. The van der Waals surface area contributed by atoms with Crippen LogP contribution in [-0.2, 0) is 10.0 Å². The SMILES string of the molecule is COc1cc(C(=O)NNS(=O)(=O)c2ccc(C)cc2)ccc1OC(C)C. The minimum Gasteiger partial charge on any atom is -0.493 e. The summed E-state index contributed by atoms with van der Waals surface area (Å²) in [5.41, 5.74) is 3.35. The average Bonchev–Trinajstić information content (AvgIpc) is 2.60. The molecule has 0 aliphatic heterocycles. The second-order valence-corrected chi connectivity index (χ2v) is 7.59. The van der Waals surface area contributed by atoms with Crippen molar-refractivity contribution in [3.8, 4) is 11.5 Å². The third-order valence-electron chi connectivity index (χ3n) is 3.42. The molecule has 2 rings (SSSR count). The van der Waals surface area contributed by atoms with Gasteiger partial charge in [-0.25, -0.2) is 8.42 Å². The summed E-state index contributed by atoms with van der Waals surface area (Å²) in [5.74, 6) is 0.266. The molecule has 0 fully saturated rings. The molecule has 0 radical (unpaired) electrons. The van der Waals surface area contributed by atoms with Crippen molar-refractivity contribution in [2.75, 3.05) is 7.11 Å². The van der Waals surface area contributed by atoms with Gasteiger partial charge in [-0.3, -0.25) is 10.2 Å². The van der Waals surface area contributed by atoms with E-state index in [2.05, 4.69) is 10.3 Å². The van der Waals surface area contributed by atoms with E-state index in [0.717, 1.165) is 5.56 Å². The van der Waals surface area contributed by atoms with Crippen molar-refractivity contribution in [2.45, 2.75) is 31.8 Å². The Kier molecular flexibility index (Phi) is 6.23. The first-order valence-electron chi connectivity index (χ1n) is 7.96. The molecule has 2 aromatic carbocycles. The Bertz CT molecular complexity index is 877. The maximum absolute atomic E-state index is 12.2. The van der Waals surface area contributed by atoms with Gasteiger partial charge in [0.05, 0.1) is 18.1 Å². The fraction of sp³-hybridized carbons (Fsp3) is 0.278. The number of amides is 1. The molecule has 0 atom stereocenters. The molecule has 0 aliphatic carbocycles. The highest BCUT2D eigenvalue weighted by molar-refractivity contribution is 7.89. The minimum atomic E-state index is -3.86. The van der Waals surface area contributed by atoms with E-state index in [1.807, 2.05) is 20.8 Å². The Morgan fingerprint density at radius 2 is 1.69 bits per heavy atom. The number of carbonyl (C=O) groups excluding carboxylic acids is 1. The van der Waals surface area contributed by atoms with Gasteiger partial charge in [0, 0.05) is 5.56 Å². The molecular weight excluding hydrogens is 356 g/mol. The molecule has 26 heavy (non-hydrogen) atoms. The van der Waals surface area contributed by atoms with Crippen LogP contribution in [0.2, 0.25) is 0 Å². The number of rotatable bonds is 7. The smallest absolute Gasteiger partial charge is 0.266 e. The summed E-state index contributed by atoms with van der Waals surface area (Å²) >= 11 is 0. The average molecular weight is 378 g/mol. The number of benzene rings is 2. The summed E-state index contributed by atoms with van der Waals surface area (Å²) in [5, 5.41) is 0. The molecule has 0 aliphatic rings. The Hall–Kier alpha value is -2.58. The number of methoxy groups -OCH3 is 1. The molecule has 0 heterocycles. The lowest BCUT2D eigenvalue weighted by Crippen LogP contribution is -2.41. The molecule has 7 nitrogen and oxygen atoms in total. The summed E-state index contributed by atoms with van der Waals surface area (Å²) < 4.78 is 35.2. The highest BCUT2D eigenvalue weighted by atomic mass is 32.2. The van der Waals surface area contributed by atoms with Crippen LogP contribution >= 0.6 is 0 Å². The first-order chi connectivity index (χ1) is 12.2. The standard InChI is InChI=1S/C18H22N2O5S/c1-12(2)25-16-10-7-14(11-17(16)24-4)18(21)19-20-26(22,23)15-8-5-13(3)6-9-15/h5-12,20H,1-4H3,(H,19,21). The lowest BCUT2D eigenvalue weighted by atomic mass is 10.2. The Balaban J connectivity index is 2.11. The highest BCUT2D eigenvalue weighted by Crippen LogP contribution is 2.28. The van der Waals surface area contributed by atoms with E-state index >= 15 is 0 Å². The molecule has 0 unspecified atom stereocenters. The lowest BCUT2D eigenvalue weighted by molar-refractivity contribution is 0.0944. The maximum Gasteiger partial charge on any atom is 0.266 e. The number of nitrogens with one attached hydrogen (secondary N) is 2. The summed E-state index contributed by atoms with van der Waals surface area (Å²) in [6.45, 7) is 5.60. The van der Waals surface area contributed by atoms with E-state index < -0.39 is 15.9 Å². The Labute approximate surface area is 153 Å². The van der Waals surface area contributed by atoms with E-state index in [1.165, 1.54) is 31.4 Å². The van der Waals surface area contributed by atoms with Crippen LogP contribution in [0.25, 0.3) is 0 Å². The predicted octanol–water partition coefficient (Wildman–Crippen LogP) is 2.41. The minimum absolute atomic E-state index is 0.0510. The molecule has 2 N–H and O–H groups in total. The fourth-order valence-corrected chi connectivity index (χ4v) is 2.96. The van der Waals surface area contributed by atoms with Gasteiger partial charge in [-0.2, -0.15) is 0 Å². The van der Waals surface area contributed by atoms with Crippen molar-refractivity contribution >= 4 is 15.9 Å². The third kappa shape index (κ3) is 4.96. The topological polar surface area (TPSA) is 93.7 Å². The van der Waals surface area contributed by atoms with Gasteiger partial charge in [0.25, 0.3) is 15.9 Å². The third-order valence-corrected chi connectivity index (χ3v) is 4.68. The van der Waals surface area contributed by atoms with Crippen LogP contribution in [-0.4, -0.2) is 27.5 Å². The Morgan fingerprint density at radius 3 is 2.27 bits per heavy atom. The zero-order valence-corrected chi connectivity index (χ0v) is 15.9. The number of sulfonamides is 1. The van der Waals surface area contributed by atoms with Gasteiger partial charge in [0.1, 0.15) is 0 Å². The van der Waals surface area contributed by atoms with Crippen LogP contribution in [0.3, 0.4) is 0 Å². The highest BCUT2D eigenvalue weighted by Gasteiger charge is 2.17. The molecule has 0 spiro atoms. The first-order valence-corrected chi connectivity index (χ1v) is 9.45. The van der Waals surface area contributed by atoms with E-state index in [0.29, 0.717) is 11.5 Å². The number of aryl methyl sites for hydroxylation is 1. The van der Waals surface area contributed by atoms with E-state index in [1.54, 1.807) is 18.2 Å². The van der Waals surface area contributed by atoms with E-state index in [9.17, 15) is 13.2 Å². The van der Waals surface area contributed by atoms with Gasteiger partial charge < -0.3 is 9.47 Å². The van der Waals surface area contributed by atoms with Crippen LogP contribution in [0.4, 0.5) is 0 Å². The van der Waals surface area contributed by atoms with Crippen molar-refractivity contribution in [1.82, 2.24) is 10.3 Å². The number of carbonyl (C=O) groups is 1. The molecule has 0 aromatic heterocycles. The molecule has 1 amide bonds. The van der Waals surface area contributed by atoms with Gasteiger partial charge >= 0.3 is 0 Å². The van der Waals surface area contributed by atoms with Crippen LogP contribution in [0.1, 0.15) is 29.8 Å². The van der Waals surface area contributed by atoms with Crippen LogP contribution in [0, 0.1) is 6.92 Å². The van der Waals surface area contributed by atoms with Gasteiger partial charge in [-0.15, -0.1) is 4.83 Å². The predicted molar refractivity (Wildman–Crippen MR) is 97.7 cm³/mol. The quantitative estimate of drug-likeness (QED) is 0.722. The molecular formula is C18H22N2O5S. The molecule has 2 aromatic rings. The number of ether oxygens (including phenoxy) is 2. The molecule has 0 saturated carbocycles. The number of hydrogen-bond acceptors (Lipinski definition) is 5. The number of hydrogen-bond donors (Lipinski definition) is 2. The maximum atomic E-state index is 12.2. The summed E-state index contributed by atoms with van der Waals surface area (Å²) in [6, 6.07) is 10.9. The normalized spacial score (nSPS) is 11.3. The van der Waals surface area contributed by atoms with Crippen molar-refractivity contribution in [2.24, 2.45) is 0 Å². The summed E-state index contributed by atoms with van der Waals surface area (Å²) in [4.78, 5) is 14.4. The van der Waals surface area contributed by atoms with Crippen molar-refractivity contribution in [1.29, 1.82) is 0 Å². The van der Waals surface area contributed by atoms with Crippen molar-refractivity contribution < 1.29 is 22.7 Å². The van der Waals surface area contributed by atoms with Crippen LogP contribution < -0.4 is 19.7 Å². The van der Waals surface area contributed by atoms with Gasteiger partial charge in [-0.1, -0.05) is 17.7 Å². The largest absolute Gasteiger partial charge is 0.493 e. The second kappa shape index (κ2) is 8.20. The van der Waals surface area contributed by atoms with Crippen LogP contribution in [0.5, 0.6) is 11.5 Å². The van der Waals surface area contributed by atoms with Crippen LogP contribution in [0.15, 0.2) is 47.4 Å². The molecule has 140 valence electrons. The van der Waals surface area contributed by atoms with Gasteiger partial charge in [-0.05, 0) is 51.1 Å². The van der Waals surface area contributed by atoms with Gasteiger partial charge in [0.2, 0.25) is 0 Å². The fourth-order valence-electron chi connectivity index (χ4n) is 2.12. The summed E-state index contributed by atoms with van der Waals surface area (Å²) in [6.07, 6.45) is -0.0510. The summed E-state index contributed by atoms with van der Waals surface area (Å²) in [7, 11) is -2.40. The number of hydrazine groups is 1. The van der Waals surface area contributed by atoms with E-state index in [4.69, 9.17) is 9.47 Å². The zero-order chi connectivity index (χ0) is 19.3. The van der Waals surface area contributed by atoms with E-state index in [-0.39, 0.29) is 16.6 Å². The van der Waals surface area contributed by atoms with Crippen molar-refractivity contribution in [3.05, 3.63) is 53.6 Å². The molecule has 8 heteroatoms. The zero-order valence-electron chi connectivity index (χ0n) is 15.1. The Morgan fingerprint density at radius 1 is 1.04 bits per heavy atom. The molecule has 0 saturated heterocycles. The van der Waals surface area contributed by atoms with Crippen molar-refractivity contribution in [3.63, 3.8) is 0 Å². The van der Waals surface area contributed by atoms with Gasteiger partial charge in [0.15, 0.2) is 11.5 Å². The second-order valence-electron chi connectivity index (χ2n) is 5.90. The first kappa shape index (κ1) is 19.7.